The highest BCUT2D eigenvalue weighted by Gasteiger charge is 2.11. The van der Waals surface area contributed by atoms with Crippen LogP contribution < -0.4 is 10.2 Å². The van der Waals surface area contributed by atoms with Crippen molar-refractivity contribution in [1.82, 2.24) is 10.2 Å². The normalized spacial score (nSPS) is 10.3. The second kappa shape index (κ2) is 5.14. The van der Waals surface area contributed by atoms with Gasteiger partial charge in [0.25, 0.3) is 5.91 Å². The molecule has 0 fully saturated rings. The zero-order valence-electron chi connectivity index (χ0n) is 11.6. The van der Waals surface area contributed by atoms with Crippen molar-refractivity contribution in [3.63, 3.8) is 0 Å². The quantitative estimate of drug-likeness (QED) is 0.888. The zero-order valence-corrected chi connectivity index (χ0v) is 11.6. The Morgan fingerprint density at radius 1 is 1.32 bits per heavy atom. The van der Waals surface area contributed by atoms with Crippen LogP contribution in [0, 0.1) is 13.8 Å². The van der Waals surface area contributed by atoms with Crippen molar-refractivity contribution in [1.29, 1.82) is 0 Å². The average Bonchev–Trinajstić information content (AvgIpc) is 2.71. The highest BCUT2D eigenvalue weighted by molar-refractivity contribution is 6.04. The lowest BCUT2D eigenvalue weighted by Crippen LogP contribution is -2.15. The van der Waals surface area contributed by atoms with Gasteiger partial charge in [0.1, 0.15) is 0 Å². The Morgan fingerprint density at radius 2 is 2.05 bits per heavy atom. The summed E-state index contributed by atoms with van der Waals surface area (Å²) >= 11 is 0. The molecule has 1 aromatic carbocycles. The van der Waals surface area contributed by atoms with E-state index in [1.807, 2.05) is 51.0 Å². The number of nitrogens with one attached hydrogen (secondary N) is 2. The molecule has 2 aromatic rings. The molecule has 5 heteroatoms. The van der Waals surface area contributed by atoms with Crippen molar-refractivity contribution in [2.45, 2.75) is 13.8 Å². The van der Waals surface area contributed by atoms with Gasteiger partial charge >= 0.3 is 0 Å². The number of carbonyl (C=O) groups excluding carboxylic acids is 1. The molecule has 0 unspecified atom stereocenters. The highest BCUT2D eigenvalue weighted by Crippen LogP contribution is 2.17. The summed E-state index contributed by atoms with van der Waals surface area (Å²) in [5.74, 6) is 0.427. The summed E-state index contributed by atoms with van der Waals surface area (Å²) in [4.78, 5) is 14.1. The van der Waals surface area contributed by atoms with Crippen LogP contribution in [0.2, 0.25) is 0 Å². The molecule has 0 aliphatic heterocycles. The van der Waals surface area contributed by atoms with Crippen LogP contribution in [-0.4, -0.2) is 30.2 Å². The van der Waals surface area contributed by atoms with Crippen LogP contribution in [0.4, 0.5) is 11.5 Å². The van der Waals surface area contributed by atoms with Gasteiger partial charge in [-0.15, -0.1) is 0 Å². The Hall–Kier alpha value is -2.30. The smallest absolute Gasteiger partial charge is 0.256 e. The molecule has 0 saturated carbocycles. The van der Waals surface area contributed by atoms with Gasteiger partial charge in [-0.3, -0.25) is 9.89 Å². The standard InChI is InChI=1S/C14H18N4O/c1-9-10(2)16-17-13(9)15-14(19)11-6-5-7-12(8-11)18(3)4/h5-8H,1-4H3,(H2,15,16,17,19). The van der Waals surface area contributed by atoms with Crippen molar-refractivity contribution < 1.29 is 4.79 Å². The molecule has 1 heterocycles. The van der Waals surface area contributed by atoms with Crippen LogP contribution in [0.15, 0.2) is 24.3 Å². The van der Waals surface area contributed by atoms with E-state index in [0.717, 1.165) is 16.9 Å². The van der Waals surface area contributed by atoms with Crippen LogP contribution in [0.1, 0.15) is 21.6 Å². The molecular weight excluding hydrogens is 240 g/mol. The molecule has 5 nitrogen and oxygen atoms in total. The van der Waals surface area contributed by atoms with E-state index >= 15 is 0 Å². The zero-order chi connectivity index (χ0) is 14.0. The number of rotatable bonds is 3. The maximum absolute atomic E-state index is 12.2. The molecule has 100 valence electrons. The monoisotopic (exact) mass is 258 g/mol. The topological polar surface area (TPSA) is 61.0 Å². The molecule has 0 radical (unpaired) electrons. The second-order valence-corrected chi connectivity index (χ2v) is 4.72. The number of H-pyrrole nitrogens is 1. The first-order valence-electron chi connectivity index (χ1n) is 6.09. The number of benzene rings is 1. The Bertz CT molecular complexity index is 601. The van der Waals surface area contributed by atoms with Gasteiger partial charge in [-0.05, 0) is 32.0 Å². The maximum Gasteiger partial charge on any atom is 0.256 e. The van der Waals surface area contributed by atoms with E-state index in [1.165, 1.54) is 0 Å². The number of carbonyl (C=O) groups is 1. The summed E-state index contributed by atoms with van der Waals surface area (Å²) < 4.78 is 0. The number of hydrogen-bond donors (Lipinski definition) is 2. The van der Waals surface area contributed by atoms with Crippen molar-refractivity contribution in [3.05, 3.63) is 41.1 Å². The third kappa shape index (κ3) is 2.76. The number of aryl methyl sites for hydroxylation is 1. The Kier molecular flexibility index (Phi) is 3.55. The van der Waals surface area contributed by atoms with Gasteiger partial charge in [-0.25, -0.2) is 0 Å². The van der Waals surface area contributed by atoms with Crippen LogP contribution in [-0.2, 0) is 0 Å². The highest BCUT2D eigenvalue weighted by atomic mass is 16.1. The summed E-state index contributed by atoms with van der Waals surface area (Å²) in [7, 11) is 3.89. The first-order valence-corrected chi connectivity index (χ1v) is 6.09. The third-order valence-corrected chi connectivity index (χ3v) is 3.11. The van der Waals surface area contributed by atoms with E-state index in [1.54, 1.807) is 6.07 Å². The van der Waals surface area contributed by atoms with Crippen molar-refractivity contribution in [2.24, 2.45) is 0 Å². The predicted molar refractivity (Wildman–Crippen MR) is 76.8 cm³/mol. The lowest BCUT2D eigenvalue weighted by molar-refractivity contribution is 0.102. The summed E-state index contributed by atoms with van der Waals surface area (Å²) in [6.07, 6.45) is 0. The number of anilines is 2. The molecule has 0 atom stereocenters. The van der Waals surface area contributed by atoms with Crippen LogP contribution >= 0.6 is 0 Å². The van der Waals surface area contributed by atoms with Crippen molar-refractivity contribution in [2.75, 3.05) is 24.3 Å². The maximum atomic E-state index is 12.2. The number of hydrogen-bond acceptors (Lipinski definition) is 3. The van der Waals surface area contributed by atoms with Gasteiger partial charge in [-0.1, -0.05) is 6.07 Å². The Labute approximate surface area is 112 Å². The van der Waals surface area contributed by atoms with Crippen LogP contribution in [0.25, 0.3) is 0 Å². The molecule has 0 spiro atoms. The molecular formula is C14H18N4O. The van der Waals surface area contributed by atoms with Gasteiger partial charge in [-0.2, -0.15) is 5.10 Å². The summed E-state index contributed by atoms with van der Waals surface area (Å²) in [5, 5.41) is 9.74. The first kappa shape index (κ1) is 13.1. The number of aromatic amines is 1. The third-order valence-electron chi connectivity index (χ3n) is 3.11. The molecule has 0 bridgehead atoms. The summed E-state index contributed by atoms with van der Waals surface area (Å²) in [6, 6.07) is 7.47. The molecule has 0 saturated heterocycles. The van der Waals surface area contributed by atoms with Gasteiger partial charge in [0.2, 0.25) is 0 Å². The van der Waals surface area contributed by atoms with Crippen LogP contribution in [0.5, 0.6) is 0 Å². The van der Waals surface area contributed by atoms with E-state index in [-0.39, 0.29) is 5.91 Å². The fourth-order valence-electron chi connectivity index (χ4n) is 1.71. The first-order chi connectivity index (χ1) is 8.99. The fourth-order valence-corrected chi connectivity index (χ4v) is 1.71. The summed E-state index contributed by atoms with van der Waals surface area (Å²) in [5.41, 5.74) is 3.52. The molecule has 0 aliphatic rings. The van der Waals surface area contributed by atoms with Gasteiger partial charge in [0.15, 0.2) is 5.82 Å². The minimum absolute atomic E-state index is 0.154. The van der Waals surface area contributed by atoms with Gasteiger partial charge in [0, 0.05) is 36.6 Å². The lowest BCUT2D eigenvalue weighted by Gasteiger charge is -2.13. The van der Waals surface area contributed by atoms with E-state index in [9.17, 15) is 4.79 Å². The second-order valence-electron chi connectivity index (χ2n) is 4.72. The van der Waals surface area contributed by atoms with E-state index in [4.69, 9.17) is 0 Å². The van der Waals surface area contributed by atoms with Crippen LogP contribution in [0.3, 0.4) is 0 Å². The molecule has 19 heavy (non-hydrogen) atoms. The van der Waals surface area contributed by atoms with E-state index in [0.29, 0.717) is 11.4 Å². The average molecular weight is 258 g/mol. The number of nitrogens with zero attached hydrogens (tertiary/aromatic N) is 2. The van der Waals surface area contributed by atoms with Gasteiger partial charge < -0.3 is 10.2 Å². The predicted octanol–water partition coefficient (Wildman–Crippen LogP) is 2.34. The van der Waals surface area contributed by atoms with E-state index < -0.39 is 0 Å². The fraction of sp³-hybridized carbons (Fsp3) is 0.286. The number of aromatic nitrogens is 2. The Morgan fingerprint density at radius 3 is 2.63 bits per heavy atom. The van der Waals surface area contributed by atoms with Gasteiger partial charge in [0.05, 0.1) is 0 Å². The number of amides is 1. The van der Waals surface area contributed by atoms with E-state index in [2.05, 4.69) is 15.5 Å². The molecule has 2 rings (SSSR count). The van der Waals surface area contributed by atoms with Crippen molar-refractivity contribution >= 4 is 17.4 Å². The summed E-state index contributed by atoms with van der Waals surface area (Å²) in [6.45, 7) is 3.84. The Balaban J connectivity index is 2.20. The molecule has 1 aromatic heterocycles. The SMILES string of the molecule is Cc1[nH]nc(NC(=O)c2cccc(N(C)C)c2)c1C. The minimum atomic E-state index is -0.154. The molecule has 0 aliphatic carbocycles. The molecule has 1 amide bonds. The molecule has 2 N–H and O–H groups in total. The largest absolute Gasteiger partial charge is 0.378 e. The van der Waals surface area contributed by atoms with Crippen molar-refractivity contribution in [3.8, 4) is 0 Å². The minimum Gasteiger partial charge on any atom is -0.378 e. The lowest BCUT2D eigenvalue weighted by atomic mass is 10.1.